The van der Waals surface area contributed by atoms with Crippen LogP contribution in [0.1, 0.15) is 6.92 Å². The molecule has 0 radical (unpaired) electrons. The molecule has 0 aromatic carbocycles. The van der Waals surface area contributed by atoms with Crippen LogP contribution in [-0.2, 0) is 33.2 Å². The van der Waals surface area contributed by atoms with Gasteiger partial charge in [0.2, 0.25) is 0 Å². The van der Waals surface area contributed by atoms with E-state index in [0.29, 0.717) is 0 Å². The van der Waals surface area contributed by atoms with E-state index in [-0.39, 0.29) is 6.61 Å². The molecule has 3 aliphatic heterocycles. The molecule has 10 N–H and O–H groups in total. The van der Waals surface area contributed by atoms with Gasteiger partial charge < -0.3 is 79.5 Å². The van der Waals surface area contributed by atoms with Gasteiger partial charge in [-0.15, -0.1) is 0 Å². The van der Waals surface area contributed by atoms with Crippen molar-refractivity contribution in [2.45, 2.75) is 92.8 Å². The first-order chi connectivity index (χ1) is 17.5. The van der Waals surface area contributed by atoms with Gasteiger partial charge in [-0.2, -0.15) is 0 Å². The lowest BCUT2D eigenvalue weighted by atomic mass is 9.97. The Morgan fingerprint density at radius 3 is 2.16 bits per heavy atom. The highest BCUT2D eigenvalue weighted by Gasteiger charge is 2.53. The molecule has 3 heterocycles. The van der Waals surface area contributed by atoms with Crippen LogP contribution < -0.4 is 0 Å². The van der Waals surface area contributed by atoms with E-state index >= 15 is 0 Å². The molecule has 14 atom stereocenters. The first kappa shape index (κ1) is 30.9. The van der Waals surface area contributed by atoms with Crippen LogP contribution >= 0.6 is 0 Å². The lowest BCUT2D eigenvalue weighted by molar-refractivity contribution is -0.398. The zero-order valence-corrected chi connectivity index (χ0v) is 19.9. The first-order valence-electron chi connectivity index (χ1n) is 11.6. The molecule has 37 heavy (non-hydrogen) atoms. The second kappa shape index (κ2) is 13.1. The Balaban J connectivity index is 1.75. The summed E-state index contributed by atoms with van der Waals surface area (Å²) in [6.45, 7) is -3.46. The number of hydrogen-bond donors (Lipinski definition) is 10. The fourth-order valence-corrected chi connectivity index (χ4v) is 4.16. The number of aliphatic hydroxyl groups excluding tert-OH is 9. The fraction of sp³-hybridized carbons (Fsp3) is 1.00. The molecule has 9 unspecified atom stereocenters. The zero-order valence-electron chi connectivity index (χ0n) is 19.9. The lowest BCUT2D eigenvalue weighted by Gasteiger charge is -2.47. The summed E-state index contributed by atoms with van der Waals surface area (Å²) in [5, 5.41) is 99.5. The van der Waals surface area contributed by atoms with Crippen molar-refractivity contribution in [2.24, 2.45) is 0 Å². The highest BCUT2D eigenvalue weighted by molar-refractivity contribution is 4.95. The predicted octanol–water partition coefficient (Wildman–Crippen LogP) is -6.60. The maximum Gasteiger partial charge on any atom is 0.271 e. The van der Waals surface area contributed by atoms with Gasteiger partial charge in [-0.1, -0.05) is 0 Å². The van der Waals surface area contributed by atoms with E-state index in [2.05, 4.69) is 0 Å². The van der Waals surface area contributed by atoms with Crippen molar-refractivity contribution in [2.75, 3.05) is 33.0 Å². The van der Waals surface area contributed by atoms with Gasteiger partial charge in [0.25, 0.3) is 6.48 Å². The zero-order chi connectivity index (χ0) is 27.5. The van der Waals surface area contributed by atoms with Gasteiger partial charge in [0.1, 0.15) is 54.4 Å². The molecule has 0 bridgehead atoms. The Morgan fingerprint density at radius 2 is 1.57 bits per heavy atom. The maximum absolute atomic E-state index is 10.9. The smallest absolute Gasteiger partial charge is 0.271 e. The molecule has 0 spiro atoms. The summed E-state index contributed by atoms with van der Waals surface area (Å²) >= 11 is 0. The van der Waals surface area contributed by atoms with E-state index in [1.54, 1.807) is 0 Å². The minimum absolute atomic E-state index is 0.233. The van der Waals surface area contributed by atoms with E-state index in [1.807, 2.05) is 0 Å². The average molecular weight is 548 g/mol. The fourth-order valence-electron chi connectivity index (χ4n) is 4.16. The maximum atomic E-state index is 10.9. The highest BCUT2D eigenvalue weighted by atomic mass is 16.9. The van der Waals surface area contributed by atoms with Crippen LogP contribution in [0, 0.1) is 0 Å². The average Bonchev–Trinajstić information content (AvgIpc) is 3.16. The van der Waals surface area contributed by atoms with Crippen LogP contribution in [0.25, 0.3) is 0 Å². The molecular weight excluding hydrogens is 512 g/mol. The topological polar surface area (TPSA) is 267 Å². The normalized spacial score (nSPS) is 47.8. The van der Waals surface area contributed by atoms with Crippen LogP contribution in [0.5, 0.6) is 0 Å². The predicted molar refractivity (Wildman–Crippen MR) is 112 cm³/mol. The number of hydrogen-bond acceptors (Lipinski definition) is 17. The van der Waals surface area contributed by atoms with Gasteiger partial charge in [-0.3, -0.25) is 4.74 Å². The molecule has 218 valence electrons. The second-order valence-electron chi connectivity index (χ2n) is 9.02. The summed E-state index contributed by atoms with van der Waals surface area (Å²) in [6, 6.07) is 0. The van der Waals surface area contributed by atoms with Crippen molar-refractivity contribution in [3.63, 3.8) is 0 Å². The minimum Gasteiger partial charge on any atom is -0.394 e. The first-order valence-corrected chi connectivity index (χ1v) is 11.6. The quantitative estimate of drug-likeness (QED) is 0.107. The summed E-state index contributed by atoms with van der Waals surface area (Å²) in [5.41, 5.74) is -2.03. The van der Waals surface area contributed by atoms with Crippen molar-refractivity contribution in [1.82, 2.24) is 0 Å². The molecular formula is C20H36O17. The van der Waals surface area contributed by atoms with Crippen LogP contribution in [0.4, 0.5) is 0 Å². The third-order valence-electron chi connectivity index (χ3n) is 6.37. The van der Waals surface area contributed by atoms with E-state index in [0.717, 1.165) is 0 Å². The molecule has 0 aromatic rings. The molecule has 17 nitrogen and oxygen atoms in total. The minimum atomic E-state index is -2.17. The Bertz CT molecular complexity index is 700. The van der Waals surface area contributed by atoms with Gasteiger partial charge in [0.05, 0.1) is 39.1 Å². The largest absolute Gasteiger partial charge is 0.394 e. The molecule has 0 aromatic heterocycles. The molecule has 0 saturated carbocycles. The molecule has 3 fully saturated rings. The summed E-state index contributed by atoms with van der Waals surface area (Å²) in [4.78, 5) is 0. The Labute approximate surface area is 210 Å². The van der Waals surface area contributed by atoms with Crippen molar-refractivity contribution >= 4 is 0 Å². The van der Waals surface area contributed by atoms with Crippen molar-refractivity contribution in [3.05, 3.63) is 0 Å². The SMILES string of the molecule is CC1O[C@@H](OCCO)C(O)C(O[C@@H]2OC(CO)[C@@H](O)C(O)C2O)[C@H]1OC(O)O[C@@H]1OCC(O)(CO)C1O. The number of aliphatic hydroxyl groups is 10. The van der Waals surface area contributed by atoms with Crippen molar-refractivity contribution in [1.29, 1.82) is 0 Å². The Kier molecular flexibility index (Phi) is 10.9. The summed E-state index contributed by atoms with van der Waals surface area (Å²) in [5.74, 6) is 0. The van der Waals surface area contributed by atoms with Crippen LogP contribution in [0.3, 0.4) is 0 Å². The monoisotopic (exact) mass is 548 g/mol. The molecule has 17 heteroatoms. The van der Waals surface area contributed by atoms with Crippen LogP contribution in [0.2, 0.25) is 0 Å². The summed E-state index contributed by atoms with van der Waals surface area (Å²) in [7, 11) is 0. The molecule has 3 saturated heterocycles. The molecule has 3 rings (SSSR count). The standard InChI is InChI=1S/C20H36O17/c1-7-13(36-19(29)37-18-15(28)20(30,5-23)6-32-18)14(12(27)16(33-7)31-3-2-21)35-17-11(26)10(25)9(24)8(4-22)34-17/h7-19,21-30H,2-6H2,1H3/t7?,8?,9-,10?,11?,12?,13+,14?,15?,16-,17+,18+,19?,20?/m1/s1. The third-order valence-corrected chi connectivity index (χ3v) is 6.37. The van der Waals surface area contributed by atoms with Gasteiger partial charge in [-0.25, -0.2) is 0 Å². The molecule has 3 aliphatic rings. The number of ether oxygens (including phenoxy) is 7. The molecule has 0 amide bonds. The molecule has 0 aliphatic carbocycles. The van der Waals surface area contributed by atoms with E-state index in [4.69, 9.17) is 38.3 Å². The lowest BCUT2D eigenvalue weighted by Crippen LogP contribution is -2.65. The van der Waals surface area contributed by atoms with E-state index in [9.17, 15) is 46.0 Å². The third kappa shape index (κ3) is 6.73. The van der Waals surface area contributed by atoms with Crippen molar-refractivity contribution in [3.8, 4) is 0 Å². The Morgan fingerprint density at radius 1 is 0.865 bits per heavy atom. The van der Waals surface area contributed by atoms with E-state index < -0.39 is 112 Å². The van der Waals surface area contributed by atoms with Gasteiger partial charge in [0.15, 0.2) is 18.9 Å². The van der Waals surface area contributed by atoms with Gasteiger partial charge in [0, 0.05) is 0 Å². The van der Waals surface area contributed by atoms with Gasteiger partial charge in [-0.05, 0) is 6.92 Å². The van der Waals surface area contributed by atoms with Gasteiger partial charge >= 0.3 is 0 Å². The van der Waals surface area contributed by atoms with Crippen molar-refractivity contribution < 1.29 is 84.2 Å². The Hall–Kier alpha value is -0.680. The van der Waals surface area contributed by atoms with E-state index in [1.165, 1.54) is 6.92 Å². The number of rotatable bonds is 11. The second-order valence-corrected chi connectivity index (χ2v) is 9.02. The highest BCUT2D eigenvalue weighted by Crippen LogP contribution is 2.32. The summed E-state index contributed by atoms with van der Waals surface area (Å²) < 4.78 is 37.3. The van der Waals surface area contributed by atoms with Crippen LogP contribution in [-0.4, -0.2) is 170 Å². The summed E-state index contributed by atoms with van der Waals surface area (Å²) in [6.07, 6.45) is -18.7. The van der Waals surface area contributed by atoms with Crippen LogP contribution in [0.15, 0.2) is 0 Å².